The van der Waals surface area contributed by atoms with Crippen LogP contribution in [0.25, 0.3) is 0 Å². The first-order valence-electron chi connectivity index (χ1n) is 6.47. The van der Waals surface area contributed by atoms with Crippen molar-refractivity contribution in [2.75, 3.05) is 25.5 Å². The first-order valence-corrected chi connectivity index (χ1v) is 7.83. The lowest BCUT2D eigenvalue weighted by Crippen LogP contribution is -2.34. The number of amides is 1. The zero-order chi connectivity index (χ0) is 13.5. The molecule has 19 heavy (non-hydrogen) atoms. The third-order valence-corrected chi connectivity index (χ3v) is 4.29. The van der Waals surface area contributed by atoms with Crippen molar-refractivity contribution < 1.29 is 9.53 Å². The molecule has 104 valence electrons. The molecule has 0 bridgehead atoms. The average Bonchev–Trinajstić information content (AvgIpc) is 2.45. The number of carbonyl (C=O) groups excluding carboxylic acids is 1. The third-order valence-electron chi connectivity index (χ3n) is 3.03. The largest absolute Gasteiger partial charge is 0.381 e. The van der Waals surface area contributed by atoms with Crippen LogP contribution in [-0.4, -0.2) is 31.4 Å². The van der Waals surface area contributed by atoms with Crippen molar-refractivity contribution in [3.8, 4) is 0 Å². The molecule has 3 nitrogen and oxygen atoms in total. The Hall–Kier alpha value is -0.710. The minimum Gasteiger partial charge on any atom is -0.381 e. The van der Waals surface area contributed by atoms with E-state index in [0.717, 1.165) is 37.5 Å². The van der Waals surface area contributed by atoms with Gasteiger partial charge in [0.2, 0.25) is 5.91 Å². The van der Waals surface area contributed by atoms with Crippen LogP contribution in [0.4, 0.5) is 0 Å². The molecule has 5 heteroatoms. The number of benzene rings is 1. The van der Waals surface area contributed by atoms with Crippen molar-refractivity contribution in [3.63, 3.8) is 0 Å². The Bertz CT molecular complexity index is 404. The topological polar surface area (TPSA) is 38.3 Å². The standard InChI is InChI=1S/C14H18ClNO2S/c15-12-3-5-13(6-4-12)19-10-14(17)16-8-11-2-1-7-18-9-11/h3-6,11H,1-2,7-10H2,(H,16,17)/t11-/m1/s1. The van der Waals surface area contributed by atoms with E-state index >= 15 is 0 Å². The number of halogens is 1. The van der Waals surface area contributed by atoms with Crippen molar-refractivity contribution in [2.24, 2.45) is 5.92 Å². The van der Waals surface area contributed by atoms with Crippen LogP contribution in [0.15, 0.2) is 29.2 Å². The van der Waals surface area contributed by atoms with Gasteiger partial charge < -0.3 is 10.1 Å². The van der Waals surface area contributed by atoms with E-state index < -0.39 is 0 Å². The summed E-state index contributed by atoms with van der Waals surface area (Å²) in [7, 11) is 0. The van der Waals surface area contributed by atoms with E-state index in [-0.39, 0.29) is 5.91 Å². The Balaban J connectivity index is 1.65. The van der Waals surface area contributed by atoms with Crippen LogP contribution < -0.4 is 5.32 Å². The van der Waals surface area contributed by atoms with Crippen LogP contribution in [0.5, 0.6) is 0 Å². The molecule has 1 aliphatic rings. The zero-order valence-corrected chi connectivity index (χ0v) is 12.3. The van der Waals surface area contributed by atoms with Crippen molar-refractivity contribution in [3.05, 3.63) is 29.3 Å². The first kappa shape index (κ1) is 14.7. The van der Waals surface area contributed by atoms with E-state index in [1.807, 2.05) is 24.3 Å². The van der Waals surface area contributed by atoms with Crippen molar-refractivity contribution in [1.29, 1.82) is 0 Å². The molecule has 1 aliphatic heterocycles. The lowest BCUT2D eigenvalue weighted by atomic mass is 10.0. The van der Waals surface area contributed by atoms with Crippen molar-refractivity contribution in [1.82, 2.24) is 5.32 Å². The molecule has 0 radical (unpaired) electrons. The Morgan fingerprint density at radius 3 is 2.89 bits per heavy atom. The summed E-state index contributed by atoms with van der Waals surface area (Å²) < 4.78 is 5.39. The fourth-order valence-corrected chi connectivity index (χ4v) is 2.81. The summed E-state index contributed by atoms with van der Waals surface area (Å²) >= 11 is 7.33. The van der Waals surface area contributed by atoms with Gasteiger partial charge in [0.05, 0.1) is 12.4 Å². The van der Waals surface area contributed by atoms with Gasteiger partial charge in [0.1, 0.15) is 0 Å². The van der Waals surface area contributed by atoms with E-state index in [2.05, 4.69) is 5.32 Å². The fourth-order valence-electron chi connectivity index (χ4n) is 1.96. The highest BCUT2D eigenvalue weighted by atomic mass is 35.5. The van der Waals surface area contributed by atoms with E-state index in [1.165, 1.54) is 11.8 Å². The second-order valence-corrected chi connectivity index (χ2v) is 6.12. The second kappa shape index (κ2) is 7.78. The molecule has 1 amide bonds. The second-order valence-electron chi connectivity index (χ2n) is 4.63. The molecular weight excluding hydrogens is 282 g/mol. The summed E-state index contributed by atoms with van der Waals surface area (Å²) in [5.41, 5.74) is 0. The Morgan fingerprint density at radius 1 is 1.42 bits per heavy atom. The van der Waals surface area contributed by atoms with Crippen LogP contribution in [-0.2, 0) is 9.53 Å². The van der Waals surface area contributed by atoms with E-state index in [0.29, 0.717) is 16.7 Å². The van der Waals surface area contributed by atoms with Gasteiger partial charge in [-0.25, -0.2) is 0 Å². The van der Waals surface area contributed by atoms with Crippen LogP contribution >= 0.6 is 23.4 Å². The number of nitrogens with one attached hydrogen (secondary N) is 1. The van der Waals surface area contributed by atoms with Gasteiger partial charge in [-0.2, -0.15) is 0 Å². The predicted molar refractivity (Wildman–Crippen MR) is 78.7 cm³/mol. The molecular formula is C14H18ClNO2S. The Kier molecular flexibility index (Phi) is 6.01. The Morgan fingerprint density at radius 2 is 2.21 bits per heavy atom. The smallest absolute Gasteiger partial charge is 0.230 e. The maximum Gasteiger partial charge on any atom is 0.230 e. The number of rotatable bonds is 5. The summed E-state index contributed by atoms with van der Waals surface area (Å²) in [6, 6.07) is 7.52. The quantitative estimate of drug-likeness (QED) is 0.850. The van der Waals surface area contributed by atoms with Crippen LogP contribution in [0.3, 0.4) is 0 Å². The SMILES string of the molecule is O=C(CSc1ccc(Cl)cc1)NC[C@H]1CCCOC1. The molecule has 0 unspecified atom stereocenters. The summed E-state index contributed by atoms with van der Waals surface area (Å²) in [6.07, 6.45) is 2.24. The van der Waals surface area contributed by atoms with Gasteiger partial charge >= 0.3 is 0 Å². The Labute approximate surface area is 123 Å². The number of carbonyl (C=O) groups is 1. The number of ether oxygens (including phenoxy) is 1. The van der Waals surface area contributed by atoms with Crippen LogP contribution in [0.2, 0.25) is 5.02 Å². The molecule has 0 aromatic heterocycles. The zero-order valence-electron chi connectivity index (χ0n) is 10.7. The summed E-state index contributed by atoms with van der Waals surface area (Å²) in [4.78, 5) is 12.8. The van der Waals surface area contributed by atoms with Crippen LogP contribution in [0, 0.1) is 5.92 Å². The van der Waals surface area contributed by atoms with Gasteiger partial charge in [-0.1, -0.05) is 11.6 Å². The summed E-state index contributed by atoms with van der Waals surface area (Å²) in [5, 5.41) is 3.68. The highest BCUT2D eigenvalue weighted by molar-refractivity contribution is 8.00. The minimum absolute atomic E-state index is 0.0746. The van der Waals surface area contributed by atoms with Gasteiger partial charge in [0, 0.05) is 23.1 Å². The molecule has 1 aromatic carbocycles. The normalized spacial score (nSPS) is 19.1. The summed E-state index contributed by atoms with van der Waals surface area (Å²) in [5.74, 6) is 0.985. The molecule has 1 N–H and O–H groups in total. The summed E-state index contributed by atoms with van der Waals surface area (Å²) in [6.45, 7) is 2.35. The molecule has 1 aromatic rings. The fraction of sp³-hybridized carbons (Fsp3) is 0.500. The molecule has 1 saturated heterocycles. The molecule has 2 rings (SSSR count). The van der Waals surface area contributed by atoms with Gasteiger partial charge in [-0.3, -0.25) is 4.79 Å². The van der Waals surface area contributed by atoms with Crippen LogP contribution in [0.1, 0.15) is 12.8 Å². The maximum absolute atomic E-state index is 11.7. The molecule has 0 aliphatic carbocycles. The van der Waals surface area contributed by atoms with Crippen molar-refractivity contribution in [2.45, 2.75) is 17.7 Å². The van der Waals surface area contributed by atoms with Gasteiger partial charge in [-0.15, -0.1) is 11.8 Å². The van der Waals surface area contributed by atoms with Gasteiger partial charge in [0.25, 0.3) is 0 Å². The highest BCUT2D eigenvalue weighted by Crippen LogP contribution is 2.20. The van der Waals surface area contributed by atoms with E-state index in [9.17, 15) is 4.79 Å². The molecule has 1 fully saturated rings. The molecule has 0 spiro atoms. The lowest BCUT2D eigenvalue weighted by molar-refractivity contribution is -0.118. The number of thioether (sulfide) groups is 1. The maximum atomic E-state index is 11.7. The third kappa shape index (κ3) is 5.43. The molecule has 1 heterocycles. The van der Waals surface area contributed by atoms with Crippen molar-refractivity contribution >= 4 is 29.3 Å². The van der Waals surface area contributed by atoms with E-state index in [1.54, 1.807) is 0 Å². The van der Waals surface area contributed by atoms with Gasteiger partial charge in [-0.05, 0) is 43.0 Å². The number of hydrogen-bond donors (Lipinski definition) is 1. The first-order chi connectivity index (χ1) is 9.24. The van der Waals surface area contributed by atoms with E-state index in [4.69, 9.17) is 16.3 Å². The minimum atomic E-state index is 0.0746. The average molecular weight is 300 g/mol. The molecule has 0 saturated carbocycles. The lowest BCUT2D eigenvalue weighted by Gasteiger charge is -2.22. The predicted octanol–water partition coefficient (Wildman–Crippen LogP) is 2.97. The number of hydrogen-bond acceptors (Lipinski definition) is 3. The monoisotopic (exact) mass is 299 g/mol. The highest BCUT2D eigenvalue weighted by Gasteiger charge is 2.14. The van der Waals surface area contributed by atoms with Gasteiger partial charge in [0.15, 0.2) is 0 Å². The molecule has 1 atom stereocenters.